The lowest BCUT2D eigenvalue weighted by molar-refractivity contribution is 0.402. The van der Waals surface area contributed by atoms with Crippen molar-refractivity contribution >= 4 is 15.7 Å². The number of nitrogens with one attached hydrogen (secondary N) is 1. The monoisotopic (exact) mass is 307 g/mol. The van der Waals surface area contributed by atoms with Gasteiger partial charge in [-0.3, -0.25) is 4.98 Å². The first kappa shape index (κ1) is 15.3. The Labute approximate surface area is 124 Å². The Bertz CT molecular complexity index is 703. The van der Waals surface area contributed by atoms with Gasteiger partial charge in [-0.2, -0.15) is 0 Å². The fraction of sp³-hybridized carbons (Fsp3) is 0.214. The summed E-state index contributed by atoms with van der Waals surface area (Å²) in [4.78, 5) is 3.99. The maximum absolute atomic E-state index is 12.3. The van der Waals surface area contributed by atoms with Crippen LogP contribution in [0, 0.1) is 0 Å². The molecule has 6 nitrogen and oxygen atoms in total. The Hall–Kier alpha value is -2.12. The second-order valence-electron chi connectivity index (χ2n) is 4.41. The minimum absolute atomic E-state index is 0.0777. The van der Waals surface area contributed by atoms with E-state index >= 15 is 0 Å². The van der Waals surface area contributed by atoms with Crippen molar-refractivity contribution in [3.8, 4) is 5.75 Å². The fourth-order valence-electron chi connectivity index (χ4n) is 1.86. The molecule has 0 saturated carbocycles. The van der Waals surface area contributed by atoms with E-state index in [4.69, 9.17) is 10.5 Å². The van der Waals surface area contributed by atoms with Crippen molar-refractivity contribution < 1.29 is 13.2 Å². The van der Waals surface area contributed by atoms with Gasteiger partial charge in [0.05, 0.1) is 7.11 Å². The highest BCUT2D eigenvalue weighted by molar-refractivity contribution is 7.89. The molecule has 112 valence electrons. The van der Waals surface area contributed by atoms with Crippen LogP contribution in [0.15, 0.2) is 47.6 Å². The molecule has 1 aromatic heterocycles. The number of benzene rings is 1. The molecule has 0 aliphatic rings. The van der Waals surface area contributed by atoms with E-state index in [1.807, 2.05) is 12.1 Å². The van der Waals surface area contributed by atoms with Gasteiger partial charge >= 0.3 is 0 Å². The maximum Gasteiger partial charge on any atom is 0.244 e. The van der Waals surface area contributed by atoms with Crippen molar-refractivity contribution in [3.05, 3.63) is 48.3 Å². The topological polar surface area (TPSA) is 94.3 Å². The van der Waals surface area contributed by atoms with E-state index < -0.39 is 10.0 Å². The molecule has 0 saturated heterocycles. The summed E-state index contributed by atoms with van der Waals surface area (Å²) in [6, 6.07) is 8.14. The lowest BCUT2D eigenvalue weighted by Gasteiger charge is -2.11. The summed E-state index contributed by atoms with van der Waals surface area (Å²) in [7, 11) is -2.23. The highest BCUT2D eigenvalue weighted by Crippen LogP contribution is 2.25. The largest absolute Gasteiger partial charge is 0.495 e. The van der Waals surface area contributed by atoms with Crippen molar-refractivity contribution in [3.63, 3.8) is 0 Å². The van der Waals surface area contributed by atoms with Crippen LogP contribution in [0.1, 0.15) is 5.56 Å². The molecule has 1 heterocycles. The number of aromatic nitrogens is 1. The lowest BCUT2D eigenvalue weighted by Crippen LogP contribution is -2.26. The van der Waals surface area contributed by atoms with E-state index in [2.05, 4.69) is 9.71 Å². The number of hydrogen-bond acceptors (Lipinski definition) is 5. The van der Waals surface area contributed by atoms with Crippen LogP contribution >= 0.6 is 0 Å². The van der Waals surface area contributed by atoms with Crippen LogP contribution in [0.2, 0.25) is 0 Å². The summed E-state index contributed by atoms with van der Waals surface area (Å²) in [5.41, 5.74) is 7.08. The number of anilines is 1. The highest BCUT2D eigenvalue weighted by atomic mass is 32.2. The van der Waals surface area contributed by atoms with E-state index in [1.54, 1.807) is 12.4 Å². The zero-order chi connectivity index (χ0) is 15.3. The molecule has 3 N–H and O–H groups in total. The van der Waals surface area contributed by atoms with E-state index in [1.165, 1.54) is 25.3 Å². The molecule has 0 fully saturated rings. The number of nitrogens with two attached hydrogens (primary N) is 1. The van der Waals surface area contributed by atoms with Crippen molar-refractivity contribution in [2.75, 3.05) is 19.4 Å². The molecular weight excluding hydrogens is 290 g/mol. The summed E-state index contributed by atoms with van der Waals surface area (Å²) in [5, 5.41) is 0. The predicted octanol–water partition coefficient (Wildman–Crippen LogP) is 1.19. The maximum atomic E-state index is 12.3. The second kappa shape index (κ2) is 6.55. The van der Waals surface area contributed by atoms with Gasteiger partial charge in [0, 0.05) is 30.7 Å². The third kappa shape index (κ3) is 3.93. The molecule has 2 aromatic rings. The van der Waals surface area contributed by atoms with E-state index in [-0.39, 0.29) is 10.6 Å². The van der Waals surface area contributed by atoms with Crippen molar-refractivity contribution in [2.24, 2.45) is 0 Å². The van der Waals surface area contributed by atoms with Crippen molar-refractivity contribution in [1.82, 2.24) is 9.71 Å². The minimum atomic E-state index is -3.64. The summed E-state index contributed by atoms with van der Waals surface area (Å²) in [6.07, 6.45) is 3.93. The second-order valence-corrected chi connectivity index (χ2v) is 6.15. The van der Waals surface area contributed by atoms with Crippen LogP contribution in [-0.4, -0.2) is 27.1 Å². The van der Waals surface area contributed by atoms with Crippen molar-refractivity contribution in [1.29, 1.82) is 0 Å². The van der Waals surface area contributed by atoms with E-state index in [9.17, 15) is 8.42 Å². The number of sulfonamides is 1. The van der Waals surface area contributed by atoms with Crippen molar-refractivity contribution in [2.45, 2.75) is 11.3 Å². The van der Waals surface area contributed by atoms with Crippen LogP contribution in [0.4, 0.5) is 5.69 Å². The number of nitrogen functional groups attached to an aromatic ring is 1. The number of pyridine rings is 1. The van der Waals surface area contributed by atoms with Crippen LogP contribution in [0.3, 0.4) is 0 Å². The molecule has 1 aromatic carbocycles. The van der Waals surface area contributed by atoms with Gasteiger partial charge in [0.25, 0.3) is 0 Å². The molecule has 2 rings (SSSR count). The fourth-order valence-corrected chi connectivity index (χ4v) is 3.04. The van der Waals surface area contributed by atoms with Gasteiger partial charge in [-0.1, -0.05) is 0 Å². The molecule has 7 heteroatoms. The van der Waals surface area contributed by atoms with Gasteiger partial charge in [-0.05, 0) is 36.2 Å². The Morgan fingerprint density at radius 3 is 2.62 bits per heavy atom. The molecule has 0 aliphatic carbocycles. The molecule has 0 bridgehead atoms. The SMILES string of the molecule is COc1cc(N)ccc1S(=O)(=O)NCCc1ccncc1. The molecule has 0 atom stereocenters. The Balaban J connectivity index is 2.08. The van der Waals surface area contributed by atoms with Crippen LogP contribution in [-0.2, 0) is 16.4 Å². The van der Waals surface area contributed by atoms with Crippen LogP contribution in [0.25, 0.3) is 0 Å². The first-order valence-electron chi connectivity index (χ1n) is 6.35. The Morgan fingerprint density at radius 1 is 1.24 bits per heavy atom. The number of rotatable bonds is 6. The average molecular weight is 307 g/mol. The molecule has 0 radical (unpaired) electrons. The molecule has 0 spiro atoms. The van der Waals surface area contributed by atoms with Gasteiger partial charge in [0.1, 0.15) is 10.6 Å². The molecule has 0 amide bonds. The standard InChI is InChI=1S/C14H17N3O3S/c1-20-13-10-12(15)2-3-14(13)21(18,19)17-9-6-11-4-7-16-8-5-11/h2-5,7-8,10,17H,6,9,15H2,1H3. The lowest BCUT2D eigenvalue weighted by atomic mass is 10.2. The smallest absolute Gasteiger partial charge is 0.244 e. The van der Waals surface area contributed by atoms with Crippen LogP contribution in [0.5, 0.6) is 5.75 Å². The number of hydrogen-bond donors (Lipinski definition) is 2. The summed E-state index contributed by atoms with van der Waals surface area (Å²) in [6.45, 7) is 0.292. The number of ether oxygens (including phenoxy) is 1. The average Bonchev–Trinajstić information content (AvgIpc) is 2.47. The minimum Gasteiger partial charge on any atom is -0.495 e. The summed E-state index contributed by atoms with van der Waals surface area (Å²) < 4.78 is 32.2. The molecular formula is C14H17N3O3S. The van der Waals surface area contributed by atoms with Gasteiger partial charge < -0.3 is 10.5 Å². The number of methoxy groups -OCH3 is 1. The quantitative estimate of drug-likeness (QED) is 0.782. The first-order valence-corrected chi connectivity index (χ1v) is 7.83. The number of nitrogens with zero attached hydrogens (tertiary/aromatic N) is 1. The van der Waals surface area contributed by atoms with Gasteiger partial charge in [-0.25, -0.2) is 13.1 Å². The van der Waals surface area contributed by atoms with E-state index in [0.29, 0.717) is 18.7 Å². The summed E-state index contributed by atoms with van der Waals surface area (Å²) in [5.74, 6) is 0.228. The van der Waals surface area contributed by atoms with Crippen LogP contribution < -0.4 is 15.2 Å². The highest BCUT2D eigenvalue weighted by Gasteiger charge is 2.18. The van der Waals surface area contributed by atoms with Gasteiger partial charge in [0.2, 0.25) is 10.0 Å². The zero-order valence-corrected chi connectivity index (χ0v) is 12.4. The molecule has 21 heavy (non-hydrogen) atoms. The van der Waals surface area contributed by atoms with E-state index in [0.717, 1.165) is 5.56 Å². The predicted molar refractivity (Wildman–Crippen MR) is 80.5 cm³/mol. The third-order valence-corrected chi connectivity index (χ3v) is 4.43. The Morgan fingerprint density at radius 2 is 1.95 bits per heavy atom. The molecule has 0 aliphatic heterocycles. The third-order valence-electron chi connectivity index (χ3n) is 2.93. The zero-order valence-electron chi connectivity index (χ0n) is 11.6. The molecule has 0 unspecified atom stereocenters. The van der Waals surface area contributed by atoms with Gasteiger partial charge in [-0.15, -0.1) is 0 Å². The normalized spacial score (nSPS) is 11.3. The first-order chi connectivity index (χ1) is 10.0. The Kier molecular flexibility index (Phi) is 4.77. The summed E-state index contributed by atoms with van der Waals surface area (Å²) >= 11 is 0. The van der Waals surface area contributed by atoms with Gasteiger partial charge in [0.15, 0.2) is 0 Å².